The van der Waals surface area contributed by atoms with Crippen molar-refractivity contribution in [3.63, 3.8) is 0 Å². The van der Waals surface area contributed by atoms with Crippen LogP contribution in [0.3, 0.4) is 0 Å². The van der Waals surface area contributed by atoms with Crippen molar-refractivity contribution < 1.29 is 0 Å². The Labute approximate surface area is 182 Å². The summed E-state index contributed by atoms with van der Waals surface area (Å²) in [5.41, 5.74) is 13.3. The van der Waals surface area contributed by atoms with Crippen molar-refractivity contribution in [2.45, 2.75) is 72.6 Å². The van der Waals surface area contributed by atoms with E-state index >= 15 is 0 Å². The molecule has 0 aliphatic carbocycles. The van der Waals surface area contributed by atoms with Gasteiger partial charge < -0.3 is 25.4 Å². The topological polar surface area (TPSA) is 87.5 Å². The summed E-state index contributed by atoms with van der Waals surface area (Å²) in [4.78, 5) is 14.7. The Hall–Kier alpha value is -2.51. The summed E-state index contributed by atoms with van der Waals surface area (Å²) < 4.78 is 0. The van der Waals surface area contributed by atoms with Gasteiger partial charge in [0.05, 0.1) is 34.3 Å². The fourth-order valence-corrected chi connectivity index (χ4v) is 4.56. The van der Waals surface area contributed by atoms with Gasteiger partial charge in [-0.3, -0.25) is 0 Å². The molecule has 8 heteroatoms. The van der Waals surface area contributed by atoms with Crippen LogP contribution in [0.2, 0.25) is 0 Å². The zero-order valence-electron chi connectivity index (χ0n) is 20.8. The first kappa shape index (κ1) is 23.8. The minimum atomic E-state index is -0.000309. The van der Waals surface area contributed by atoms with Crippen LogP contribution in [0.4, 0.5) is 17.1 Å². The Morgan fingerprint density at radius 3 is 1.57 bits per heavy atom. The van der Waals surface area contributed by atoms with Gasteiger partial charge in [-0.1, -0.05) is 5.22 Å². The van der Waals surface area contributed by atoms with Gasteiger partial charge in [-0.15, -0.1) is 0 Å². The summed E-state index contributed by atoms with van der Waals surface area (Å²) in [6.45, 7) is 18.1. The van der Waals surface area contributed by atoms with E-state index in [0.717, 1.165) is 11.6 Å². The predicted octanol–water partition coefficient (Wildman–Crippen LogP) is 4.16. The highest BCUT2D eigenvalue weighted by Crippen LogP contribution is 2.49. The van der Waals surface area contributed by atoms with Crippen LogP contribution in [0.5, 0.6) is 0 Å². The molecule has 0 aromatic heterocycles. The average Bonchev–Trinajstić information content (AvgIpc) is 2.95. The van der Waals surface area contributed by atoms with E-state index in [9.17, 15) is 0 Å². The van der Waals surface area contributed by atoms with Crippen molar-refractivity contribution in [2.24, 2.45) is 16.1 Å². The minimum absolute atomic E-state index is 0.000309. The third kappa shape index (κ3) is 3.08. The number of guanidine groups is 1. The second-order valence-corrected chi connectivity index (χ2v) is 9.55. The molecule has 2 aliphatic rings. The number of nitrogens with zero attached hydrogens (tertiary/aromatic N) is 6. The van der Waals surface area contributed by atoms with Gasteiger partial charge in [0.1, 0.15) is 0 Å². The first-order chi connectivity index (χ1) is 13.7. The molecule has 1 saturated heterocycles. The lowest BCUT2D eigenvalue weighted by Crippen LogP contribution is -2.52. The van der Waals surface area contributed by atoms with Crippen LogP contribution in [0, 0.1) is 26.3 Å². The maximum Gasteiger partial charge on any atom is 0.202 e. The molecule has 0 radical (unpaired) electrons. The van der Waals surface area contributed by atoms with Gasteiger partial charge in [-0.05, 0) is 66.5 Å². The Morgan fingerprint density at radius 1 is 0.800 bits per heavy atom. The van der Waals surface area contributed by atoms with Gasteiger partial charge in [0, 0.05) is 33.8 Å². The van der Waals surface area contributed by atoms with Crippen LogP contribution in [0.1, 0.15) is 51.3 Å². The number of nitrogens with one attached hydrogen (secondary N) is 1. The molecule has 1 atom stereocenters. The number of rotatable bonds is 1. The van der Waals surface area contributed by atoms with E-state index in [-0.39, 0.29) is 11.1 Å². The molecule has 3 N–H and O–H groups in total. The van der Waals surface area contributed by atoms with Gasteiger partial charge in [0.15, 0.2) is 0 Å². The Kier molecular flexibility index (Phi) is 6.05. The lowest BCUT2D eigenvalue weighted by atomic mass is 9.83. The molecular weight excluding hydrogens is 376 g/mol. The van der Waals surface area contributed by atoms with Crippen LogP contribution in [-0.4, -0.2) is 61.2 Å². The molecule has 1 unspecified atom stereocenters. The first-order valence-electron chi connectivity index (χ1n) is 10.4. The minimum Gasteiger partial charge on any atom is -0.353 e. The lowest BCUT2D eigenvalue weighted by molar-refractivity contribution is 0.134. The van der Waals surface area contributed by atoms with Crippen LogP contribution in [-0.2, 0) is 0 Å². The summed E-state index contributed by atoms with van der Waals surface area (Å²) >= 11 is 0. The van der Waals surface area contributed by atoms with Crippen molar-refractivity contribution >= 4 is 23.0 Å². The van der Waals surface area contributed by atoms with E-state index in [1.165, 1.54) is 28.1 Å². The monoisotopic (exact) mass is 416 g/mol. The smallest absolute Gasteiger partial charge is 0.202 e. The van der Waals surface area contributed by atoms with E-state index < -0.39 is 0 Å². The molecule has 30 heavy (non-hydrogen) atoms. The SMILES string of the molecule is Cc1c(C)c2c(c(C)c1N=C1N(C)C(C)(C)C(C)(C)N1C)N(C)C(C)N2C.N=NN. The predicted molar refractivity (Wildman–Crippen MR) is 127 cm³/mol. The second kappa shape index (κ2) is 7.63. The van der Waals surface area contributed by atoms with Gasteiger partial charge in [-0.25, -0.2) is 4.99 Å². The number of hydrogen-bond donors (Lipinski definition) is 2. The summed E-state index contributed by atoms with van der Waals surface area (Å²) in [6.07, 6.45) is 0.356. The molecule has 1 aromatic rings. The molecule has 1 fully saturated rings. The highest BCUT2D eigenvalue weighted by molar-refractivity contribution is 5.92. The average molecular weight is 417 g/mol. The van der Waals surface area contributed by atoms with Crippen LogP contribution in [0.15, 0.2) is 10.2 Å². The first-order valence-corrected chi connectivity index (χ1v) is 10.4. The van der Waals surface area contributed by atoms with Gasteiger partial charge >= 0.3 is 0 Å². The van der Waals surface area contributed by atoms with Crippen molar-refractivity contribution in [2.75, 3.05) is 38.0 Å². The van der Waals surface area contributed by atoms with Crippen molar-refractivity contribution in [3.8, 4) is 0 Å². The van der Waals surface area contributed by atoms with Crippen LogP contribution in [0.25, 0.3) is 0 Å². The number of anilines is 2. The summed E-state index contributed by atoms with van der Waals surface area (Å²) in [6, 6.07) is 0. The number of aliphatic imine (C=N–C) groups is 1. The maximum atomic E-state index is 5.61. The van der Waals surface area contributed by atoms with Crippen molar-refractivity contribution in [1.82, 2.24) is 9.80 Å². The molecule has 1 aromatic carbocycles. The standard InChI is InChI=1S/C22H37N5.H3N3/c1-13-14(2)18-19(25(10)16(4)24(18)9)15(3)17(13)23-20-26(11)21(5,6)22(7,8)27(20)12;1-3-2/h16H,1-12H3;(H3,1,2). The number of nitrogens with two attached hydrogens (primary N) is 1. The van der Waals surface area contributed by atoms with Gasteiger partial charge in [-0.2, -0.15) is 5.53 Å². The van der Waals surface area contributed by atoms with E-state index in [1.807, 2.05) is 0 Å². The second-order valence-electron chi connectivity index (χ2n) is 9.55. The zero-order valence-corrected chi connectivity index (χ0v) is 20.8. The Bertz CT molecular complexity index is 849. The molecule has 8 nitrogen and oxygen atoms in total. The summed E-state index contributed by atoms with van der Waals surface area (Å²) in [7, 11) is 8.70. The molecule has 0 bridgehead atoms. The van der Waals surface area contributed by atoms with E-state index in [0.29, 0.717) is 6.17 Å². The quantitative estimate of drug-likeness (QED) is 0.408. The maximum absolute atomic E-state index is 5.61. The molecule has 0 amide bonds. The molecule has 3 rings (SSSR count). The van der Waals surface area contributed by atoms with Crippen molar-refractivity contribution in [3.05, 3.63) is 16.7 Å². The van der Waals surface area contributed by atoms with Crippen LogP contribution >= 0.6 is 0 Å². The summed E-state index contributed by atoms with van der Waals surface area (Å²) in [5.74, 6) is 5.18. The molecule has 0 spiro atoms. The Morgan fingerprint density at radius 2 is 1.17 bits per heavy atom. The van der Waals surface area contributed by atoms with Gasteiger partial charge in [0.2, 0.25) is 5.96 Å². The number of benzene rings is 1. The fourth-order valence-electron chi connectivity index (χ4n) is 4.56. The summed E-state index contributed by atoms with van der Waals surface area (Å²) in [5, 5.41) is 2.25. The fraction of sp³-hybridized carbons (Fsp3) is 0.682. The van der Waals surface area contributed by atoms with E-state index in [1.54, 1.807) is 0 Å². The lowest BCUT2D eigenvalue weighted by Gasteiger charge is -2.40. The third-order valence-corrected chi connectivity index (χ3v) is 8.02. The molecule has 0 saturated carbocycles. The highest BCUT2D eigenvalue weighted by Gasteiger charge is 2.52. The molecule has 2 heterocycles. The van der Waals surface area contributed by atoms with Crippen molar-refractivity contribution in [1.29, 1.82) is 5.53 Å². The number of likely N-dealkylation sites (N-methyl/N-ethyl adjacent to an activating group) is 2. The number of fused-ring (bicyclic) bond motifs is 1. The normalized spacial score (nSPS) is 21.5. The molecular formula is C22H40N8. The number of hydrogen-bond acceptors (Lipinski definition) is 5. The van der Waals surface area contributed by atoms with E-state index in [4.69, 9.17) is 10.5 Å². The third-order valence-electron chi connectivity index (χ3n) is 8.02. The molecule has 168 valence electrons. The van der Waals surface area contributed by atoms with Crippen LogP contribution < -0.4 is 15.6 Å². The van der Waals surface area contributed by atoms with Gasteiger partial charge in [0.25, 0.3) is 0 Å². The van der Waals surface area contributed by atoms with E-state index in [2.05, 4.69) is 114 Å². The zero-order chi connectivity index (χ0) is 23.3. The largest absolute Gasteiger partial charge is 0.353 e. The highest BCUT2D eigenvalue weighted by atomic mass is 15.5. The Balaban J connectivity index is 0.00000101. The molecule has 2 aliphatic heterocycles.